The minimum Gasteiger partial charge on any atom is -0.444 e. The predicted octanol–water partition coefficient (Wildman–Crippen LogP) is 1.68. The van der Waals surface area contributed by atoms with Gasteiger partial charge in [-0.3, -0.25) is 0 Å². The molecule has 1 N–H and O–H groups in total. The van der Waals surface area contributed by atoms with Crippen molar-refractivity contribution in [2.24, 2.45) is 0 Å². The van der Waals surface area contributed by atoms with Gasteiger partial charge in [-0.05, 0) is 33.6 Å². The number of ether oxygens (including phenoxy) is 1. The number of amides is 1. The van der Waals surface area contributed by atoms with Gasteiger partial charge in [-0.25, -0.2) is 4.79 Å². The zero-order valence-electron chi connectivity index (χ0n) is 11.1. The van der Waals surface area contributed by atoms with Crippen LogP contribution in [0.3, 0.4) is 0 Å². The molecule has 0 radical (unpaired) electrons. The molecule has 1 heterocycles. The number of carbonyl (C=O) groups excluding carboxylic acids is 1. The first kappa shape index (κ1) is 12.9. The molecule has 1 aromatic heterocycles. The van der Waals surface area contributed by atoms with E-state index in [9.17, 15) is 4.79 Å². The SMILES string of the molecule is CC(C)(C)OC(=O)NCCn1ncc(C2CC2)n1. The minimum absolute atomic E-state index is 0.405. The van der Waals surface area contributed by atoms with Gasteiger partial charge in [0.05, 0.1) is 18.4 Å². The summed E-state index contributed by atoms with van der Waals surface area (Å²) in [6.45, 7) is 6.54. The molecule has 1 aromatic rings. The van der Waals surface area contributed by atoms with Gasteiger partial charge in [0.15, 0.2) is 0 Å². The van der Waals surface area contributed by atoms with Crippen molar-refractivity contribution in [3.05, 3.63) is 11.9 Å². The quantitative estimate of drug-likeness (QED) is 0.885. The van der Waals surface area contributed by atoms with Crippen LogP contribution in [0.15, 0.2) is 6.20 Å². The van der Waals surface area contributed by atoms with Crippen molar-refractivity contribution in [3.8, 4) is 0 Å². The summed E-state index contributed by atoms with van der Waals surface area (Å²) in [5.74, 6) is 0.609. The van der Waals surface area contributed by atoms with E-state index in [1.54, 1.807) is 4.80 Å². The fourth-order valence-electron chi connectivity index (χ4n) is 1.56. The predicted molar refractivity (Wildman–Crippen MR) is 66.2 cm³/mol. The molecule has 0 atom stereocenters. The molecule has 18 heavy (non-hydrogen) atoms. The Morgan fingerprint density at radius 3 is 2.89 bits per heavy atom. The first-order chi connectivity index (χ1) is 8.44. The van der Waals surface area contributed by atoms with Crippen LogP contribution in [0.4, 0.5) is 4.79 Å². The van der Waals surface area contributed by atoms with Gasteiger partial charge in [-0.15, -0.1) is 0 Å². The molecule has 100 valence electrons. The molecule has 0 bridgehead atoms. The van der Waals surface area contributed by atoms with E-state index in [1.165, 1.54) is 12.8 Å². The molecule has 0 unspecified atom stereocenters. The van der Waals surface area contributed by atoms with Crippen LogP contribution in [0.1, 0.15) is 45.2 Å². The number of aromatic nitrogens is 3. The van der Waals surface area contributed by atoms with Crippen LogP contribution in [-0.4, -0.2) is 33.2 Å². The largest absolute Gasteiger partial charge is 0.444 e. The van der Waals surface area contributed by atoms with Gasteiger partial charge in [-0.2, -0.15) is 15.0 Å². The Bertz CT molecular complexity index is 418. The van der Waals surface area contributed by atoms with Gasteiger partial charge >= 0.3 is 6.09 Å². The Morgan fingerprint density at radius 2 is 2.28 bits per heavy atom. The molecule has 0 aromatic carbocycles. The van der Waals surface area contributed by atoms with E-state index in [-0.39, 0.29) is 0 Å². The van der Waals surface area contributed by atoms with E-state index in [2.05, 4.69) is 15.5 Å². The number of carbonyl (C=O) groups is 1. The van der Waals surface area contributed by atoms with E-state index in [0.717, 1.165) is 5.69 Å². The average Bonchev–Trinajstić information content (AvgIpc) is 2.97. The molecule has 1 fully saturated rings. The lowest BCUT2D eigenvalue weighted by atomic mass is 10.2. The Morgan fingerprint density at radius 1 is 1.56 bits per heavy atom. The molecule has 0 aliphatic heterocycles. The Kier molecular flexibility index (Phi) is 3.54. The van der Waals surface area contributed by atoms with Crippen molar-refractivity contribution in [2.45, 2.75) is 51.7 Å². The van der Waals surface area contributed by atoms with Gasteiger partial charge in [0.2, 0.25) is 0 Å². The van der Waals surface area contributed by atoms with E-state index in [4.69, 9.17) is 4.74 Å². The molecule has 0 spiro atoms. The van der Waals surface area contributed by atoms with Crippen LogP contribution >= 0.6 is 0 Å². The summed E-state index contributed by atoms with van der Waals surface area (Å²) in [6.07, 6.45) is 3.84. The summed E-state index contributed by atoms with van der Waals surface area (Å²) in [6, 6.07) is 0. The summed E-state index contributed by atoms with van der Waals surface area (Å²) >= 11 is 0. The third kappa shape index (κ3) is 4.01. The third-order valence-electron chi connectivity index (χ3n) is 2.53. The second-order valence-electron chi connectivity index (χ2n) is 5.57. The van der Waals surface area contributed by atoms with Gasteiger partial charge in [0.1, 0.15) is 5.60 Å². The smallest absolute Gasteiger partial charge is 0.407 e. The van der Waals surface area contributed by atoms with Crippen molar-refractivity contribution < 1.29 is 9.53 Å². The number of nitrogens with one attached hydrogen (secondary N) is 1. The number of hydrogen-bond donors (Lipinski definition) is 1. The molecule has 2 rings (SSSR count). The van der Waals surface area contributed by atoms with Crippen molar-refractivity contribution in [1.29, 1.82) is 0 Å². The van der Waals surface area contributed by atoms with Crippen LogP contribution in [0.25, 0.3) is 0 Å². The van der Waals surface area contributed by atoms with Crippen molar-refractivity contribution in [2.75, 3.05) is 6.54 Å². The van der Waals surface area contributed by atoms with Gasteiger partial charge in [0.25, 0.3) is 0 Å². The highest BCUT2D eigenvalue weighted by molar-refractivity contribution is 5.67. The lowest BCUT2D eigenvalue weighted by Crippen LogP contribution is -2.34. The molecule has 1 saturated carbocycles. The van der Waals surface area contributed by atoms with E-state index in [0.29, 0.717) is 19.0 Å². The molecule has 1 aliphatic rings. The van der Waals surface area contributed by atoms with Gasteiger partial charge < -0.3 is 10.1 Å². The zero-order chi connectivity index (χ0) is 13.2. The molecule has 1 amide bonds. The summed E-state index contributed by atoms with van der Waals surface area (Å²) in [5, 5.41) is 11.2. The topological polar surface area (TPSA) is 69.0 Å². The molecular formula is C12H20N4O2. The maximum absolute atomic E-state index is 11.4. The lowest BCUT2D eigenvalue weighted by Gasteiger charge is -2.19. The molecule has 0 saturated heterocycles. The highest BCUT2D eigenvalue weighted by Gasteiger charge is 2.26. The summed E-state index contributed by atoms with van der Waals surface area (Å²) in [7, 11) is 0. The van der Waals surface area contributed by atoms with Crippen molar-refractivity contribution in [3.63, 3.8) is 0 Å². The normalized spacial score (nSPS) is 15.5. The summed E-state index contributed by atoms with van der Waals surface area (Å²) in [4.78, 5) is 13.0. The second-order valence-corrected chi connectivity index (χ2v) is 5.57. The fourth-order valence-corrected chi connectivity index (χ4v) is 1.56. The van der Waals surface area contributed by atoms with Crippen LogP contribution in [-0.2, 0) is 11.3 Å². The summed E-state index contributed by atoms with van der Waals surface area (Å²) < 4.78 is 5.13. The average molecular weight is 252 g/mol. The van der Waals surface area contributed by atoms with Gasteiger partial charge in [-0.1, -0.05) is 0 Å². The maximum atomic E-state index is 11.4. The van der Waals surface area contributed by atoms with E-state index < -0.39 is 11.7 Å². The molecule has 1 aliphatic carbocycles. The number of rotatable bonds is 4. The monoisotopic (exact) mass is 252 g/mol. The molecule has 6 nitrogen and oxygen atoms in total. The van der Waals surface area contributed by atoms with Crippen molar-refractivity contribution >= 4 is 6.09 Å². The standard InChI is InChI=1S/C12H20N4O2/c1-12(2,3)18-11(17)13-6-7-16-14-8-10(15-16)9-4-5-9/h8-9H,4-7H2,1-3H3,(H,13,17). The fraction of sp³-hybridized carbons (Fsp3) is 0.750. The lowest BCUT2D eigenvalue weighted by molar-refractivity contribution is 0.0525. The maximum Gasteiger partial charge on any atom is 0.407 e. The van der Waals surface area contributed by atoms with E-state index in [1.807, 2.05) is 27.0 Å². The first-order valence-corrected chi connectivity index (χ1v) is 6.31. The highest BCUT2D eigenvalue weighted by Crippen LogP contribution is 2.38. The Hall–Kier alpha value is -1.59. The van der Waals surface area contributed by atoms with Crippen LogP contribution < -0.4 is 5.32 Å². The van der Waals surface area contributed by atoms with Crippen LogP contribution in [0.5, 0.6) is 0 Å². The third-order valence-corrected chi connectivity index (χ3v) is 2.53. The van der Waals surface area contributed by atoms with Crippen LogP contribution in [0.2, 0.25) is 0 Å². The highest BCUT2D eigenvalue weighted by atomic mass is 16.6. The first-order valence-electron chi connectivity index (χ1n) is 6.31. The summed E-state index contributed by atoms with van der Waals surface area (Å²) in [5.41, 5.74) is 0.597. The van der Waals surface area contributed by atoms with Gasteiger partial charge in [0, 0.05) is 12.5 Å². The molecular weight excluding hydrogens is 232 g/mol. The second kappa shape index (κ2) is 4.96. The minimum atomic E-state index is -0.465. The number of alkyl carbamates (subject to hydrolysis) is 1. The van der Waals surface area contributed by atoms with Crippen molar-refractivity contribution in [1.82, 2.24) is 20.3 Å². The number of hydrogen-bond acceptors (Lipinski definition) is 4. The Balaban J connectivity index is 1.69. The number of nitrogens with zero attached hydrogens (tertiary/aromatic N) is 3. The Labute approximate surface area is 107 Å². The molecule has 6 heteroatoms. The zero-order valence-corrected chi connectivity index (χ0v) is 11.1. The van der Waals surface area contributed by atoms with E-state index >= 15 is 0 Å². The van der Waals surface area contributed by atoms with Crippen LogP contribution in [0, 0.1) is 0 Å².